The van der Waals surface area contributed by atoms with E-state index < -0.39 is 0 Å². The number of para-hydroxylation sites is 3. The van der Waals surface area contributed by atoms with Crippen molar-refractivity contribution in [2.45, 2.75) is 5.92 Å². The first kappa shape index (κ1) is 28.0. The van der Waals surface area contributed by atoms with E-state index in [1.807, 2.05) is 48.5 Å². The van der Waals surface area contributed by atoms with E-state index in [2.05, 4.69) is 120 Å². The first-order valence-electron chi connectivity index (χ1n) is 17.2. The Morgan fingerprint density at radius 3 is 1.76 bits per heavy atom. The normalized spacial score (nSPS) is 13.7. The number of hydrogen-bond acceptors (Lipinski definition) is 4. The summed E-state index contributed by atoms with van der Waals surface area (Å²) in [6, 6.07) is 57.1. The molecule has 11 rings (SSSR count). The Hall–Kier alpha value is -6.85. The lowest BCUT2D eigenvalue weighted by Gasteiger charge is -2.18. The van der Waals surface area contributed by atoms with Gasteiger partial charge in [0.05, 0.1) is 17.0 Å². The van der Waals surface area contributed by atoms with Crippen molar-refractivity contribution in [3.05, 3.63) is 181 Å². The number of fused-ring (bicyclic) bond motifs is 11. The largest absolute Gasteiger partial charge is 0.456 e. The number of furan rings is 1. The quantitative estimate of drug-likeness (QED) is 0.190. The number of nitrogens with zero attached hydrogens (tertiary/aromatic N) is 4. The van der Waals surface area contributed by atoms with Crippen LogP contribution in [0.5, 0.6) is 0 Å². The lowest BCUT2D eigenvalue weighted by atomic mass is 9.91. The summed E-state index contributed by atoms with van der Waals surface area (Å²) in [4.78, 5) is 15.8. The fourth-order valence-electron chi connectivity index (χ4n) is 8.19. The fraction of sp³-hybridized carbons (Fsp3) is 0.0217. The Morgan fingerprint density at radius 1 is 0.451 bits per heavy atom. The molecule has 5 heteroatoms. The van der Waals surface area contributed by atoms with Crippen molar-refractivity contribution in [3.8, 4) is 39.6 Å². The van der Waals surface area contributed by atoms with Gasteiger partial charge in [0.2, 0.25) is 0 Å². The van der Waals surface area contributed by atoms with Crippen molar-refractivity contribution in [1.82, 2.24) is 19.5 Å². The summed E-state index contributed by atoms with van der Waals surface area (Å²) in [7, 11) is 0. The molecule has 238 valence electrons. The van der Waals surface area contributed by atoms with Crippen LogP contribution in [0, 0.1) is 0 Å². The molecular formula is C46H28N4O. The third-order valence-electron chi connectivity index (χ3n) is 10.3. The molecule has 3 heterocycles. The minimum absolute atomic E-state index is 0.317. The standard InChI is InChI=1S/C46H28N4O/c1-4-14-28(15-5-1)44-47-45(29-16-6-2-7-17-29)49-46(48-44)42-40-32(26-27-38-39(40)35-21-11-13-23-37(35)51-38)33-24-25-34-31-20-10-12-22-36(31)50(43(34)41(33)42)30-18-8-3-9-19-30/h1-27,42H. The van der Waals surface area contributed by atoms with Gasteiger partial charge in [0.15, 0.2) is 11.6 Å². The van der Waals surface area contributed by atoms with Crippen LogP contribution in [0.4, 0.5) is 0 Å². The molecular weight excluding hydrogens is 625 g/mol. The summed E-state index contributed by atoms with van der Waals surface area (Å²) in [5.74, 6) is 1.69. The van der Waals surface area contributed by atoms with Gasteiger partial charge in [0, 0.05) is 38.4 Å². The van der Waals surface area contributed by atoms with Crippen LogP contribution in [0.2, 0.25) is 0 Å². The first-order valence-corrected chi connectivity index (χ1v) is 17.2. The molecule has 0 aliphatic heterocycles. The molecule has 0 radical (unpaired) electrons. The molecule has 0 saturated heterocycles. The second kappa shape index (κ2) is 10.8. The lowest BCUT2D eigenvalue weighted by Crippen LogP contribution is -2.11. The average molecular weight is 653 g/mol. The highest BCUT2D eigenvalue weighted by atomic mass is 16.3. The molecule has 1 aliphatic carbocycles. The minimum atomic E-state index is -0.317. The van der Waals surface area contributed by atoms with Crippen LogP contribution in [0.1, 0.15) is 22.9 Å². The number of hydrogen-bond donors (Lipinski definition) is 0. The summed E-state index contributed by atoms with van der Waals surface area (Å²) in [6.07, 6.45) is 0. The zero-order valence-corrected chi connectivity index (χ0v) is 27.4. The van der Waals surface area contributed by atoms with Crippen LogP contribution in [0.3, 0.4) is 0 Å². The second-order valence-electron chi connectivity index (χ2n) is 13.1. The van der Waals surface area contributed by atoms with Crippen molar-refractivity contribution >= 4 is 43.7 Å². The smallest absolute Gasteiger partial charge is 0.163 e. The van der Waals surface area contributed by atoms with Crippen LogP contribution in [0.15, 0.2) is 168 Å². The fourth-order valence-corrected chi connectivity index (χ4v) is 8.19. The van der Waals surface area contributed by atoms with Gasteiger partial charge >= 0.3 is 0 Å². The Labute approximate surface area is 293 Å². The van der Waals surface area contributed by atoms with E-state index >= 15 is 0 Å². The van der Waals surface area contributed by atoms with Gasteiger partial charge in [-0.05, 0) is 52.6 Å². The molecule has 0 N–H and O–H groups in total. The van der Waals surface area contributed by atoms with E-state index in [1.165, 1.54) is 27.5 Å². The highest BCUT2D eigenvalue weighted by molar-refractivity contribution is 6.16. The SMILES string of the molecule is c1ccc(-c2nc(-c3ccccc3)nc(C3c4c(ccc5oc6ccccc6c45)-c4ccc5c6ccccc6n(-c6ccccc6)c5c43)n2)cc1. The minimum Gasteiger partial charge on any atom is -0.456 e. The first-order chi connectivity index (χ1) is 25.3. The molecule has 0 saturated carbocycles. The van der Waals surface area contributed by atoms with Crippen molar-refractivity contribution in [3.63, 3.8) is 0 Å². The molecule has 1 atom stereocenters. The molecule has 3 aromatic heterocycles. The van der Waals surface area contributed by atoms with Crippen LogP contribution >= 0.6 is 0 Å². The topological polar surface area (TPSA) is 56.7 Å². The zero-order chi connectivity index (χ0) is 33.5. The number of aromatic nitrogens is 4. The van der Waals surface area contributed by atoms with Crippen molar-refractivity contribution in [1.29, 1.82) is 0 Å². The molecule has 10 aromatic rings. The van der Waals surface area contributed by atoms with Crippen LogP contribution in [-0.4, -0.2) is 19.5 Å². The molecule has 0 spiro atoms. The highest BCUT2D eigenvalue weighted by Gasteiger charge is 2.38. The van der Waals surface area contributed by atoms with E-state index in [-0.39, 0.29) is 5.92 Å². The Balaban J connectivity index is 1.32. The summed E-state index contributed by atoms with van der Waals surface area (Å²) < 4.78 is 8.94. The summed E-state index contributed by atoms with van der Waals surface area (Å²) in [5.41, 5.74) is 11.7. The van der Waals surface area contributed by atoms with Crippen LogP contribution < -0.4 is 0 Å². The maximum atomic E-state index is 6.52. The third-order valence-corrected chi connectivity index (χ3v) is 10.3. The Bertz CT molecular complexity index is 2910. The van der Waals surface area contributed by atoms with E-state index in [9.17, 15) is 0 Å². The molecule has 0 bridgehead atoms. The molecule has 51 heavy (non-hydrogen) atoms. The Kier molecular flexibility index (Phi) is 5.95. The van der Waals surface area contributed by atoms with Crippen LogP contribution in [-0.2, 0) is 0 Å². The predicted molar refractivity (Wildman–Crippen MR) is 205 cm³/mol. The predicted octanol–water partition coefficient (Wildman–Crippen LogP) is 11.4. The van der Waals surface area contributed by atoms with Crippen molar-refractivity contribution in [2.75, 3.05) is 0 Å². The van der Waals surface area contributed by atoms with E-state index in [0.29, 0.717) is 17.5 Å². The maximum absolute atomic E-state index is 6.52. The lowest BCUT2D eigenvalue weighted by molar-refractivity contribution is 0.668. The maximum Gasteiger partial charge on any atom is 0.163 e. The molecule has 0 amide bonds. The average Bonchev–Trinajstić information content (AvgIpc) is 3.86. The van der Waals surface area contributed by atoms with Gasteiger partial charge < -0.3 is 8.98 Å². The van der Waals surface area contributed by atoms with Gasteiger partial charge in [0.1, 0.15) is 17.0 Å². The van der Waals surface area contributed by atoms with Crippen molar-refractivity contribution < 1.29 is 4.42 Å². The highest BCUT2D eigenvalue weighted by Crippen LogP contribution is 2.55. The number of benzene rings is 7. The molecule has 1 aliphatic rings. The second-order valence-corrected chi connectivity index (χ2v) is 13.1. The van der Waals surface area contributed by atoms with Gasteiger partial charge in [-0.2, -0.15) is 0 Å². The zero-order valence-electron chi connectivity index (χ0n) is 27.4. The van der Waals surface area contributed by atoms with Gasteiger partial charge in [-0.1, -0.05) is 133 Å². The Morgan fingerprint density at radius 2 is 1.04 bits per heavy atom. The van der Waals surface area contributed by atoms with Gasteiger partial charge in [-0.3, -0.25) is 0 Å². The number of rotatable bonds is 4. The molecule has 5 nitrogen and oxygen atoms in total. The van der Waals surface area contributed by atoms with Crippen LogP contribution in [0.25, 0.3) is 83.3 Å². The molecule has 7 aromatic carbocycles. The van der Waals surface area contributed by atoms with Gasteiger partial charge in [0.25, 0.3) is 0 Å². The van der Waals surface area contributed by atoms with Gasteiger partial charge in [-0.15, -0.1) is 0 Å². The third kappa shape index (κ3) is 4.12. The van der Waals surface area contributed by atoms with E-state index in [4.69, 9.17) is 19.4 Å². The van der Waals surface area contributed by atoms with E-state index in [0.717, 1.165) is 55.3 Å². The monoisotopic (exact) mass is 652 g/mol. The molecule has 0 fully saturated rings. The van der Waals surface area contributed by atoms with E-state index in [1.54, 1.807) is 0 Å². The van der Waals surface area contributed by atoms with Crippen molar-refractivity contribution in [2.24, 2.45) is 0 Å². The summed E-state index contributed by atoms with van der Waals surface area (Å²) >= 11 is 0. The summed E-state index contributed by atoms with van der Waals surface area (Å²) in [6.45, 7) is 0. The summed E-state index contributed by atoms with van der Waals surface area (Å²) in [5, 5.41) is 4.59. The molecule has 1 unspecified atom stereocenters. The van der Waals surface area contributed by atoms with Gasteiger partial charge in [-0.25, -0.2) is 15.0 Å².